The van der Waals surface area contributed by atoms with Gasteiger partial charge in [0, 0.05) is 11.6 Å². The predicted octanol–water partition coefficient (Wildman–Crippen LogP) is 2.97. The highest BCUT2D eigenvalue weighted by atomic mass is 35.5. The quantitative estimate of drug-likeness (QED) is 0.901. The van der Waals surface area contributed by atoms with Gasteiger partial charge in [-0.15, -0.1) is 12.4 Å². The number of amides is 1. The first kappa shape index (κ1) is 17.0. The van der Waals surface area contributed by atoms with Gasteiger partial charge >= 0.3 is 0 Å². The van der Waals surface area contributed by atoms with Crippen molar-refractivity contribution in [2.24, 2.45) is 11.7 Å². The van der Waals surface area contributed by atoms with Crippen LogP contribution >= 0.6 is 12.4 Å². The first-order chi connectivity index (χ1) is 9.13. The molecule has 0 bridgehead atoms. The SMILES string of the molecule is Cc1cccc(C(=O)NC2CCCCC2CN)c1C.Cl. The molecular formula is C16H25ClN2O. The van der Waals surface area contributed by atoms with Gasteiger partial charge in [-0.3, -0.25) is 4.79 Å². The fraction of sp³-hybridized carbons (Fsp3) is 0.562. The minimum atomic E-state index is 0. The molecule has 2 unspecified atom stereocenters. The molecule has 0 heterocycles. The zero-order valence-electron chi connectivity index (χ0n) is 12.3. The van der Waals surface area contributed by atoms with E-state index in [2.05, 4.69) is 5.32 Å². The Morgan fingerprint density at radius 3 is 2.70 bits per heavy atom. The lowest BCUT2D eigenvalue weighted by molar-refractivity contribution is 0.0907. The summed E-state index contributed by atoms with van der Waals surface area (Å²) < 4.78 is 0. The van der Waals surface area contributed by atoms with Crippen LogP contribution in [0.5, 0.6) is 0 Å². The monoisotopic (exact) mass is 296 g/mol. The average molecular weight is 297 g/mol. The molecule has 1 aliphatic carbocycles. The van der Waals surface area contributed by atoms with Crippen LogP contribution in [0.4, 0.5) is 0 Å². The first-order valence-corrected chi connectivity index (χ1v) is 7.20. The third kappa shape index (κ3) is 3.74. The molecule has 0 spiro atoms. The Morgan fingerprint density at radius 2 is 2.00 bits per heavy atom. The molecule has 0 saturated heterocycles. The maximum Gasteiger partial charge on any atom is 0.251 e. The molecule has 2 atom stereocenters. The molecule has 112 valence electrons. The van der Waals surface area contributed by atoms with E-state index in [-0.39, 0.29) is 24.4 Å². The van der Waals surface area contributed by atoms with Crippen LogP contribution in [0.25, 0.3) is 0 Å². The summed E-state index contributed by atoms with van der Waals surface area (Å²) in [7, 11) is 0. The summed E-state index contributed by atoms with van der Waals surface area (Å²) in [4.78, 5) is 12.4. The van der Waals surface area contributed by atoms with Crippen LogP contribution in [0.1, 0.15) is 47.2 Å². The maximum absolute atomic E-state index is 12.4. The summed E-state index contributed by atoms with van der Waals surface area (Å²) in [6.45, 7) is 4.71. The fourth-order valence-electron chi connectivity index (χ4n) is 2.92. The smallest absolute Gasteiger partial charge is 0.251 e. The van der Waals surface area contributed by atoms with Crippen LogP contribution in [-0.4, -0.2) is 18.5 Å². The summed E-state index contributed by atoms with van der Waals surface area (Å²) in [6.07, 6.45) is 4.61. The van der Waals surface area contributed by atoms with Gasteiger partial charge in [-0.05, 0) is 56.3 Å². The zero-order valence-corrected chi connectivity index (χ0v) is 13.1. The Balaban J connectivity index is 0.00000200. The second-order valence-corrected chi connectivity index (χ2v) is 5.61. The van der Waals surface area contributed by atoms with E-state index >= 15 is 0 Å². The third-order valence-electron chi connectivity index (χ3n) is 4.38. The molecule has 0 aromatic heterocycles. The van der Waals surface area contributed by atoms with Gasteiger partial charge in [0.05, 0.1) is 0 Å². The highest BCUT2D eigenvalue weighted by molar-refractivity contribution is 5.96. The number of benzene rings is 1. The topological polar surface area (TPSA) is 55.1 Å². The number of carbonyl (C=O) groups is 1. The van der Waals surface area contributed by atoms with E-state index in [1.807, 2.05) is 32.0 Å². The lowest BCUT2D eigenvalue weighted by atomic mass is 9.84. The van der Waals surface area contributed by atoms with Gasteiger partial charge in [-0.2, -0.15) is 0 Å². The van der Waals surface area contributed by atoms with E-state index in [1.54, 1.807) is 0 Å². The van der Waals surface area contributed by atoms with E-state index < -0.39 is 0 Å². The van der Waals surface area contributed by atoms with E-state index in [1.165, 1.54) is 12.8 Å². The molecule has 2 rings (SSSR count). The number of rotatable bonds is 3. The number of nitrogens with one attached hydrogen (secondary N) is 1. The molecule has 1 fully saturated rings. The average Bonchev–Trinajstić information content (AvgIpc) is 2.42. The molecule has 3 N–H and O–H groups in total. The largest absolute Gasteiger partial charge is 0.349 e. The standard InChI is InChI=1S/C16H24N2O.ClH/c1-11-6-5-8-14(12(11)2)16(19)18-15-9-4-3-7-13(15)10-17;/h5-6,8,13,15H,3-4,7,9-10,17H2,1-2H3,(H,18,19);1H. The van der Waals surface area contributed by atoms with Crippen molar-refractivity contribution in [2.75, 3.05) is 6.54 Å². The lowest BCUT2D eigenvalue weighted by Gasteiger charge is -2.31. The van der Waals surface area contributed by atoms with Crippen molar-refractivity contribution >= 4 is 18.3 Å². The highest BCUT2D eigenvalue weighted by Gasteiger charge is 2.26. The Hall–Kier alpha value is -1.06. The lowest BCUT2D eigenvalue weighted by Crippen LogP contribution is -2.44. The molecule has 1 aromatic carbocycles. The number of carbonyl (C=O) groups excluding carboxylic acids is 1. The van der Waals surface area contributed by atoms with Gasteiger partial charge in [-0.1, -0.05) is 25.0 Å². The summed E-state index contributed by atoms with van der Waals surface area (Å²) in [5.74, 6) is 0.481. The van der Waals surface area contributed by atoms with Crippen LogP contribution in [0, 0.1) is 19.8 Å². The van der Waals surface area contributed by atoms with E-state index in [0.717, 1.165) is 29.5 Å². The number of hydrogen-bond donors (Lipinski definition) is 2. The minimum absolute atomic E-state index is 0. The molecule has 0 radical (unpaired) electrons. The molecule has 20 heavy (non-hydrogen) atoms. The van der Waals surface area contributed by atoms with E-state index in [4.69, 9.17) is 5.73 Å². The summed E-state index contributed by atoms with van der Waals surface area (Å²) >= 11 is 0. The molecule has 3 nitrogen and oxygen atoms in total. The minimum Gasteiger partial charge on any atom is -0.349 e. The van der Waals surface area contributed by atoms with Gasteiger partial charge < -0.3 is 11.1 Å². The molecular weight excluding hydrogens is 272 g/mol. The van der Waals surface area contributed by atoms with Crippen molar-refractivity contribution in [3.8, 4) is 0 Å². The highest BCUT2D eigenvalue weighted by Crippen LogP contribution is 2.24. The van der Waals surface area contributed by atoms with Gasteiger partial charge in [0.15, 0.2) is 0 Å². The van der Waals surface area contributed by atoms with Crippen LogP contribution in [0.2, 0.25) is 0 Å². The molecule has 1 aromatic rings. The summed E-state index contributed by atoms with van der Waals surface area (Å²) in [5, 5.41) is 3.19. The van der Waals surface area contributed by atoms with Crippen molar-refractivity contribution in [1.82, 2.24) is 5.32 Å². The third-order valence-corrected chi connectivity index (χ3v) is 4.38. The number of hydrogen-bond acceptors (Lipinski definition) is 2. The number of halogens is 1. The van der Waals surface area contributed by atoms with Gasteiger partial charge in [-0.25, -0.2) is 0 Å². The van der Waals surface area contributed by atoms with Gasteiger partial charge in [0.1, 0.15) is 0 Å². The van der Waals surface area contributed by atoms with Crippen LogP contribution in [-0.2, 0) is 0 Å². The molecule has 1 aliphatic rings. The first-order valence-electron chi connectivity index (χ1n) is 7.20. The van der Waals surface area contributed by atoms with Crippen molar-refractivity contribution in [1.29, 1.82) is 0 Å². The second kappa shape index (κ2) is 7.65. The van der Waals surface area contributed by atoms with Crippen LogP contribution < -0.4 is 11.1 Å². The summed E-state index contributed by atoms with van der Waals surface area (Å²) in [6, 6.07) is 6.12. The zero-order chi connectivity index (χ0) is 13.8. The van der Waals surface area contributed by atoms with Crippen molar-refractivity contribution in [3.05, 3.63) is 34.9 Å². The van der Waals surface area contributed by atoms with E-state index in [0.29, 0.717) is 12.5 Å². The normalized spacial score (nSPS) is 21.9. The number of aryl methyl sites for hydroxylation is 1. The predicted molar refractivity (Wildman–Crippen MR) is 85.4 cm³/mol. The second-order valence-electron chi connectivity index (χ2n) is 5.61. The Labute approximate surface area is 127 Å². The Morgan fingerprint density at radius 1 is 1.30 bits per heavy atom. The molecule has 1 saturated carbocycles. The van der Waals surface area contributed by atoms with Crippen molar-refractivity contribution < 1.29 is 4.79 Å². The Kier molecular flexibility index (Phi) is 6.50. The fourth-order valence-corrected chi connectivity index (χ4v) is 2.92. The maximum atomic E-state index is 12.4. The van der Waals surface area contributed by atoms with Crippen molar-refractivity contribution in [3.63, 3.8) is 0 Å². The van der Waals surface area contributed by atoms with Crippen molar-refractivity contribution in [2.45, 2.75) is 45.6 Å². The van der Waals surface area contributed by atoms with Crippen LogP contribution in [0.15, 0.2) is 18.2 Å². The van der Waals surface area contributed by atoms with Crippen LogP contribution in [0.3, 0.4) is 0 Å². The summed E-state index contributed by atoms with van der Waals surface area (Å²) in [5.41, 5.74) is 8.83. The Bertz CT molecular complexity index is 462. The molecule has 4 heteroatoms. The van der Waals surface area contributed by atoms with Gasteiger partial charge in [0.2, 0.25) is 0 Å². The molecule has 1 amide bonds. The van der Waals surface area contributed by atoms with E-state index in [9.17, 15) is 4.79 Å². The number of nitrogens with two attached hydrogens (primary N) is 1. The van der Waals surface area contributed by atoms with Gasteiger partial charge in [0.25, 0.3) is 5.91 Å². The molecule has 0 aliphatic heterocycles.